The molecule has 0 saturated heterocycles. The third-order valence-corrected chi connectivity index (χ3v) is 3.39. The summed E-state index contributed by atoms with van der Waals surface area (Å²) < 4.78 is 0. The van der Waals surface area contributed by atoms with Crippen LogP contribution in [0.15, 0.2) is 0 Å². The average Bonchev–Trinajstić information content (AvgIpc) is 2.50. The zero-order chi connectivity index (χ0) is 19.7. The van der Waals surface area contributed by atoms with Crippen LogP contribution in [0.1, 0.15) is 20.3 Å². The van der Waals surface area contributed by atoms with Crippen molar-refractivity contribution in [2.75, 3.05) is 5.75 Å². The standard InChI is InChI=1S/C13H22N4O7S/c1-5(10(20)16-6(2)13(23)24)15-12(22)8(4-25)17-11(21)7(14)3-9(18)19/h5-8,25H,3-4,14H2,1-2H3,(H,15,22)(H,16,20)(H,17,21)(H,18,19)(H,23,24). The van der Waals surface area contributed by atoms with Gasteiger partial charge in [0.15, 0.2) is 0 Å². The molecule has 0 aromatic carbocycles. The second kappa shape index (κ2) is 10.5. The van der Waals surface area contributed by atoms with Gasteiger partial charge in [-0.2, -0.15) is 12.6 Å². The van der Waals surface area contributed by atoms with E-state index >= 15 is 0 Å². The first kappa shape index (κ1) is 22.7. The minimum absolute atomic E-state index is 0.128. The molecule has 0 aromatic rings. The summed E-state index contributed by atoms with van der Waals surface area (Å²) in [5.74, 6) is -4.97. The van der Waals surface area contributed by atoms with E-state index in [9.17, 15) is 24.0 Å². The topological polar surface area (TPSA) is 188 Å². The number of nitrogens with two attached hydrogens (primary N) is 1. The Bertz CT molecular complexity index is 542. The number of nitrogens with one attached hydrogen (secondary N) is 3. The third kappa shape index (κ3) is 8.35. The first-order valence-corrected chi connectivity index (χ1v) is 7.85. The van der Waals surface area contributed by atoms with E-state index in [1.807, 2.05) is 0 Å². The molecule has 0 rings (SSSR count). The highest BCUT2D eigenvalue weighted by atomic mass is 32.1. The molecule has 0 radical (unpaired) electrons. The first-order chi connectivity index (χ1) is 11.5. The Hall–Kier alpha value is -2.34. The summed E-state index contributed by atoms with van der Waals surface area (Å²) in [5, 5.41) is 24.0. The van der Waals surface area contributed by atoms with Crippen LogP contribution in [0.4, 0.5) is 0 Å². The maximum absolute atomic E-state index is 12.1. The van der Waals surface area contributed by atoms with Gasteiger partial charge in [-0.05, 0) is 13.8 Å². The van der Waals surface area contributed by atoms with Crippen molar-refractivity contribution in [3.63, 3.8) is 0 Å². The van der Waals surface area contributed by atoms with Crippen molar-refractivity contribution in [2.24, 2.45) is 5.73 Å². The second-order valence-electron chi connectivity index (χ2n) is 5.25. The lowest BCUT2D eigenvalue weighted by Gasteiger charge is -2.21. The van der Waals surface area contributed by atoms with Gasteiger partial charge >= 0.3 is 11.9 Å². The molecule has 7 N–H and O–H groups in total. The van der Waals surface area contributed by atoms with Gasteiger partial charge in [0.25, 0.3) is 0 Å². The molecular weight excluding hydrogens is 356 g/mol. The summed E-state index contributed by atoms with van der Waals surface area (Å²) in [4.78, 5) is 56.8. The number of carbonyl (C=O) groups excluding carboxylic acids is 3. The number of amides is 3. The van der Waals surface area contributed by atoms with Crippen LogP contribution in [0.3, 0.4) is 0 Å². The fraction of sp³-hybridized carbons (Fsp3) is 0.615. The minimum atomic E-state index is -1.34. The van der Waals surface area contributed by atoms with Gasteiger partial charge in [-0.15, -0.1) is 0 Å². The van der Waals surface area contributed by atoms with E-state index in [0.717, 1.165) is 0 Å². The second-order valence-corrected chi connectivity index (χ2v) is 5.61. The van der Waals surface area contributed by atoms with Gasteiger partial charge in [-0.25, -0.2) is 0 Å². The quantitative estimate of drug-likeness (QED) is 0.200. The van der Waals surface area contributed by atoms with E-state index in [2.05, 4.69) is 28.6 Å². The predicted molar refractivity (Wildman–Crippen MR) is 88.9 cm³/mol. The average molecular weight is 378 g/mol. The Morgan fingerprint density at radius 2 is 1.44 bits per heavy atom. The first-order valence-electron chi connectivity index (χ1n) is 7.21. The van der Waals surface area contributed by atoms with Crippen LogP contribution >= 0.6 is 12.6 Å². The van der Waals surface area contributed by atoms with E-state index in [4.69, 9.17) is 15.9 Å². The number of aliphatic carboxylic acids is 2. The molecule has 0 aliphatic heterocycles. The maximum atomic E-state index is 12.1. The molecule has 0 aliphatic rings. The fourth-order valence-corrected chi connectivity index (χ4v) is 1.79. The molecule has 0 heterocycles. The fourth-order valence-electron chi connectivity index (χ4n) is 1.53. The minimum Gasteiger partial charge on any atom is -0.481 e. The van der Waals surface area contributed by atoms with Crippen molar-refractivity contribution in [3.05, 3.63) is 0 Å². The highest BCUT2D eigenvalue weighted by Gasteiger charge is 2.27. The van der Waals surface area contributed by atoms with Gasteiger partial charge in [0, 0.05) is 5.75 Å². The lowest BCUT2D eigenvalue weighted by Crippen LogP contribution is -2.56. The van der Waals surface area contributed by atoms with Crippen molar-refractivity contribution in [3.8, 4) is 0 Å². The molecule has 0 saturated carbocycles. The summed E-state index contributed by atoms with van der Waals surface area (Å²) in [6.45, 7) is 2.59. The van der Waals surface area contributed by atoms with Gasteiger partial charge in [-0.3, -0.25) is 24.0 Å². The molecule has 0 aromatic heterocycles. The predicted octanol–water partition coefficient (Wildman–Crippen LogP) is -2.70. The van der Waals surface area contributed by atoms with Crippen LogP contribution in [0.2, 0.25) is 0 Å². The molecule has 4 unspecified atom stereocenters. The van der Waals surface area contributed by atoms with Gasteiger partial charge in [0.05, 0.1) is 12.5 Å². The summed E-state index contributed by atoms with van der Waals surface area (Å²) in [6.07, 6.45) is -0.612. The molecule has 12 heteroatoms. The number of carbonyl (C=O) groups is 5. The van der Waals surface area contributed by atoms with Crippen LogP contribution in [-0.4, -0.2) is 69.8 Å². The Balaban J connectivity index is 4.67. The third-order valence-electron chi connectivity index (χ3n) is 3.03. The van der Waals surface area contributed by atoms with E-state index in [1.54, 1.807) is 0 Å². The smallest absolute Gasteiger partial charge is 0.325 e. The van der Waals surface area contributed by atoms with Crippen molar-refractivity contribution < 1.29 is 34.2 Å². The number of carboxylic acid groups (broad SMARTS) is 2. The van der Waals surface area contributed by atoms with Gasteiger partial charge in [-0.1, -0.05) is 0 Å². The lowest BCUT2D eigenvalue weighted by atomic mass is 10.2. The molecule has 0 spiro atoms. The van der Waals surface area contributed by atoms with Gasteiger partial charge in [0.2, 0.25) is 17.7 Å². The SMILES string of the molecule is CC(NC(=O)C(C)NC(=O)C(CS)NC(=O)C(N)CC(=O)O)C(=O)O. The van der Waals surface area contributed by atoms with Crippen LogP contribution in [0.5, 0.6) is 0 Å². The molecule has 0 aliphatic carbocycles. The maximum Gasteiger partial charge on any atom is 0.325 e. The molecule has 25 heavy (non-hydrogen) atoms. The van der Waals surface area contributed by atoms with Crippen molar-refractivity contribution in [1.82, 2.24) is 16.0 Å². The number of thiol groups is 1. The van der Waals surface area contributed by atoms with Gasteiger partial charge in [0.1, 0.15) is 18.1 Å². The molecular formula is C13H22N4O7S. The monoisotopic (exact) mass is 378 g/mol. The number of rotatable bonds is 10. The lowest BCUT2D eigenvalue weighted by molar-refractivity contribution is -0.141. The van der Waals surface area contributed by atoms with Crippen LogP contribution in [0, 0.1) is 0 Å². The largest absolute Gasteiger partial charge is 0.481 e. The zero-order valence-electron chi connectivity index (χ0n) is 13.7. The Labute approximate surface area is 149 Å². The molecule has 11 nitrogen and oxygen atoms in total. The molecule has 3 amide bonds. The Morgan fingerprint density at radius 1 is 0.920 bits per heavy atom. The molecule has 0 fully saturated rings. The van der Waals surface area contributed by atoms with E-state index in [0.29, 0.717) is 0 Å². The number of carboxylic acids is 2. The summed E-state index contributed by atoms with van der Waals surface area (Å²) in [5.41, 5.74) is 5.38. The number of hydrogen-bond donors (Lipinski definition) is 7. The van der Waals surface area contributed by atoms with Crippen molar-refractivity contribution >= 4 is 42.3 Å². The highest BCUT2D eigenvalue weighted by Crippen LogP contribution is 1.96. The Morgan fingerprint density at radius 3 is 1.88 bits per heavy atom. The number of hydrogen-bond acceptors (Lipinski definition) is 7. The molecule has 4 atom stereocenters. The van der Waals surface area contributed by atoms with Crippen molar-refractivity contribution in [1.29, 1.82) is 0 Å². The summed E-state index contributed by atoms with van der Waals surface area (Å²) >= 11 is 3.91. The van der Waals surface area contributed by atoms with E-state index in [1.165, 1.54) is 13.8 Å². The highest BCUT2D eigenvalue weighted by molar-refractivity contribution is 7.80. The van der Waals surface area contributed by atoms with Gasteiger partial charge < -0.3 is 31.9 Å². The Kier molecular flexibility index (Phi) is 9.53. The molecule has 0 bridgehead atoms. The van der Waals surface area contributed by atoms with Crippen LogP contribution < -0.4 is 21.7 Å². The van der Waals surface area contributed by atoms with E-state index < -0.39 is 60.2 Å². The van der Waals surface area contributed by atoms with Crippen LogP contribution in [0.25, 0.3) is 0 Å². The summed E-state index contributed by atoms with van der Waals surface area (Å²) in [7, 11) is 0. The zero-order valence-corrected chi connectivity index (χ0v) is 14.6. The normalized spacial score (nSPS) is 15.2. The van der Waals surface area contributed by atoms with Crippen LogP contribution in [-0.2, 0) is 24.0 Å². The van der Waals surface area contributed by atoms with Crippen molar-refractivity contribution in [2.45, 2.75) is 44.4 Å². The summed E-state index contributed by atoms with van der Waals surface area (Å²) in [6, 6.07) is -4.70. The molecule has 142 valence electrons. The van der Waals surface area contributed by atoms with E-state index in [-0.39, 0.29) is 5.75 Å².